The molecule has 1 N–H and O–H groups in total. The van der Waals surface area contributed by atoms with Crippen LogP contribution in [-0.2, 0) is 21.4 Å². The molecule has 25 heavy (non-hydrogen) atoms. The SMILES string of the molecule is Cc1ccc(C)c(S(=O)(=O)N2CCCC2C(=O)NCc2ccco2)c1. The number of nitrogens with one attached hydrogen (secondary N) is 1. The van der Waals surface area contributed by atoms with Crippen molar-refractivity contribution in [3.63, 3.8) is 0 Å². The summed E-state index contributed by atoms with van der Waals surface area (Å²) >= 11 is 0. The molecule has 1 aliphatic rings. The molecule has 0 spiro atoms. The summed E-state index contributed by atoms with van der Waals surface area (Å²) in [5.41, 5.74) is 1.56. The van der Waals surface area contributed by atoms with Gasteiger partial charge in [-0.3, -0.25) is 4.79 Å². The largest absolute Gasteiger partial charge is 0.467 e. The molecule has 1 saturated heterocycles. The number of aryl methyl sites for hydroxylation is 2. The molecule has 1 fully saturated rings. The second-order valence-corrected chi connectivity index (χ2v) is 8.20. The first kappa shape index (κ1) is 17.7. The highest BCUT2D eigenvalue weighted by molar-refractivity contribution is 7.89. The van der Waals surface area contributed by atoms with Crippen LogP contribution in [0.25, 0.3) is 0 Å². The summed E-state index contributed by atoms with van der Waals surface area (Å²) < 4.78 is 32.7. The molecule has 1 aromatic carbocycles. The van der Waals surface area contributed by atoms with Gasteiger partial charge in [-0.05, 0) is 56.0 Å². The van der Waals surface area contributed by atoms with Crippen LogP contribution in [0, 0.1) is 13.8 Å². The minimum atomic E-state index is -3.71. The van der Waals surface area contributed by atoms with E-state index in [1.807, 2.05) is 13.0 Å². The zero-order valence-electron chi connectivity index (χ0n) is 14.4. The second-order valence-electron chi connectivity index (χ2n) is 6.34. The number of hydrogen-bond donors (Lipinski definition) is 1. The summed E-state index contributed by atoms with van der Waals surface area (Å²) in [6.45, 7) is 4.23. The van der Waals surface area contributed by atoms with E-state index >= 15 is 0 Å². The Bertz CT molecular complexity index is 859. The van der Waals surface area contributed by atoms with Crippen LogP contribution in [0.1, 0.15) is 29.7 Å². The maximum Gasteiger partial charge on any atom is 0.244 e. The Morgan fingerprint density at radius 1 is 1.32 bits per heavy atom. The van der Waals surface area contributed by atoms with E-state index in [9.17, 15) is 13.2 Å². The third kappa shape index (κ3) is 3.62. The van der Waals surface area contributed by atoms with E-state index in [1.54, 1.807) is 31.2 Å². The lowest BCUT2D eigenvalue weighted by Gasteiger charge is -2.24. The van der Waals surface area contributed by atoms with Crippen molar-refractivity contribution in [3.05, 3.63) is 53.5 Å². The average molecular weight is 362 g/mol. The van der Waals surface area contributed by atoms with Crippen LogP contribution in [0.5, 0.6) is 0 Å². The molecule has 0 saturated carbocycles. The third-order valence-electron chi connectivity index (χ3n) is 4.45. The van der Waals surface area contributed by atoms with Gasteiger partial charge in [0.25, 0.3) is 0 Å². The first-order valence-electron chi connectivity index (χ1n) is 8.29. The first-order valence-corrected chi connectivity index (χ1v) is 9.73. The maximum absolute atomic E-state index is 13.1. The number of amides is 1. The number of benzene rings is 1. The smallest absolute Gasteiger partial charge is 0.244 e. The van der Waals surface area contributed by atoms with Crippen molar-refractivity contribution in [2.45, 2.75) is 44.2 Å². The van der Waals surface area contributed by atoms with E-state index in [4.69, 9.17) is 4.42 Å². The van der Waals surface area contributed by atoms with Gasteiger partial charge >= 0.3 is 0 Å². The molecule has 7 heteroatoms. The highest BCUT2D eigenvalue weighted by Gasteiger charge is 2.39. The summed E-state index contributed by atoms with van der Waals surface area (Å²) in [6.07, 6.45) is 2.73. The van der Waals surface area contributed by atoms with Gasteiger partial charge in [-0.2, -0.15) is 4.31 Å². The van der Waals surface area contributed by atoms with E-state index in [1.165, 1.54) is 10.6 Å². The highest BCUT2D eigenvalue weighted by atomic mass is 32.2. The van der Waals surface area contributed by atoms with Crippen molar-refractivity contribution in [2.75, 3.05) is 6.54 Å². The molecule has 1 amide bonds. The van der Waals surface area contributed by atoms with Crippen molar-refractivity contribution in [1.29, 1.82) is 0 Å². The van der Waals surface area contributed by atoms with Gasteiger partial charge in [-0.15, -0.1) is 0 Å². The van der Waals surface area contributed by atoms with Gasteiger partial charge in [0.15, 0.2) is 0 Å². The molecule has 1 aromatic heterocycles. The van der Waals surface area contributed by atoms with Gasteiger partial charge in [0.1, 0.15) is 11.8 Å². The van der Waals surface area contributed by atoms with Crippen LogP contribution in [0.15, 0.2) is 45.9 Å². The van der Waals surface area contributed by atoms with E-state index in [-0.39, 0.29) is 17.3 Å². The molecule has 1 unspecified atom stereocenters. The van der Waals surface area contributed by atoms with Crippen LogP contribution in [0.3, 0.4) is 0 Å². The Labute approximate surface area is 147 Å². The van der Waals surface area contributed by atoms with Crippen molar-refractivity contribution in [3.8, 4) is 0 Å². The van der Waals surface area contributed by atoms with Gasteiger partial charge < -0.3 is 9.73 Å². The van der Waals surface area contributed by atoms with Crippen molar-refractivity contribution >= 4 is 15.9 Å². The number of sulfonamides is 1. The Morgan fingerprint density at radius 2 is 2.12 bits per heavy atom. The zero-order chi connectivity index (χ0) is 18.0. The molecule has 0 radical (unpaired) electrons. The monoisotopic (exact) mass is 362 g/mol. The van der Waals surface area contributed by atoms with Gasteiger partial charge in [-0.25, -0.2) is 8.42 Å². The molecule has 3 rings (SSSR count). The number of furan rings is 1. The third-order valence-corrected chi connectivity index (χ3v) is 6.50. The van der Waals surface area contributed by atoms with Crippen LogP contribution in [0.2, 0.25) is 0 Å². The van der Waals surface area contributed by atoms with Crippen LogP contribution in [0.4, 0.5) is 0 Å². The standard InChI is InChI=1S/C18H22N2O4S/c1-13-7-8-14(2)17(11-13)25(22,23)20-9-3-6-16(20)18(21)19-12-15-5-4-10-24-15/h4-5,7-8,10-11,16H,3,6,9,12H2,1-2H3,(H,19,21). The van der Waals surface area contributed by atoms with Crippen molar-refractivity contribution in [1.82, 2.24) is 9.62 Å². The number of hydrogen-bond acceptors (Lipinski definition) is 4. The van der Waals surface area contributed by atoms with E-state index in [2.05, 4.69) is 5.32 Å². The van der Waals surface area contributed by atoms with Crippen LogP contribution >= 0.6 is 0 Å². The summed E-state index contributed by atoms with van der Waals surface area (Å²) in [6, 6.07) is 8.17. The molecule has 0 aliphatic carbocycles. The van der Waals surface area contributed by atoms with Gasteiger partial charge in [0.2, 0.25) is 15.9 Å². The number of carbonyl (C=O) groups is 1. The molecule has 6 nitrogen and oxygen atoms in total. The molecular weight excluding hydrogens is 340 g/mol. The number of nitrogens with zero attached hydrogens (tertiary/aromatic N) is 1. The molecule has 1 atom stereocenters. The molecule has 2 heterocycles. The fourth-order valence-corrected chi connectivity index (χ4v) is 5.07. The lowest BCUT2D eigenvalue weighted by Crippen LogP contribution is -2.45. The summed E-state index contributed by atoms with van der Waals surface area (Å²) in [4.78, 5) is 12.8. The van der Waals surface area contributed by atoms with Gasteiger partial charge in [0, 0.05) is 6.54 Å². The molecular formula is C18H22N2O4S. The Balaban J connectivity index is 1.80. The Morgan fingerprint density at radius 3 is 2.84 bits per heavy atom. The quantitative estimate of drug-likeness (QED) is 0.885. The Kier molecular flexibility index (Phi) is 4.96. The lowest BCUT2D eigenvalue weighted by molar-refractivity contribution is -0.124. The predicted molar refractivity (Wildman–Crippen MR) is 93.4 cm³/mol. The lowest BCUT2D eigenvalue weighted by atomic mass is 10.2. The van der Waals surface area contributed by atoms with Crippen LogP contribution < -0.4 is 5.32 Å². The topological polar surface area (TPSA) is 79.6 Å². The van der Waals surface area contributed by atoms with E-state index < -0.39 is 16.1 Å². The van der Waals surface area contributed by atoms with Crippen molar-refractivity contribution in [2.24, 2.45) is 0 Å². The summed E-state index contributed by atoms with van der Waals surface area (Å²) in [5, 5.41) is 2.77. The second kappa shape index (κ2) is 7.01. The summed E-state index contributed by atoms with van der Waals surface area (Å²) in [5.74, 6) is 0.345. The first-order chi connectivity index (χ1) is 11.9. The fourth-order valence-electron chi connectivity index (χ4n) is 3.11. The normalized spacial score (nSPS) is 18.4. The Hall–Kier alpha value is -2.12. The predicted octanol–water partition coefficient (Wildman–Crippen LogP) is 2.37. The maximum atomic E-state index is 13.1. The van der Waals surface area contributed by atoms with Gasteiger partial charge in [0.05, 0.1) is 17.7 Å². The van der Waals surface area contributed by atoms with Crippen LogP contribution in [-0.4, -0.2) is 31.2 Å². The molecule has 2 aromatic rings. The molecule has 1 aliphatic heterocycles. The van der Waals surface area contributed by atoms with E-state index in [0.717, 1.165) is 5.56 Å². The van der Waals surface area contributed by atoms with E-state index in [0.29, 0.717) is 30.7 Å². The van der Waals surface area contributed by atoms with Gasteiger partial charge in [-0.1, -0.05) is 12.1 Å². The molecule has 0 bridgehead atoms. The average Bonchev–Trinajstić information content (AvgIpc) is 3.26. The zero-order valence-corrected chi connectivity index (χ0v) is 15.2. The summed E-state index contributed by atoms with van der Waals surface area (Å²) in [7, 11) is -3.71. The van der Waals surface area contributed by atoms with Crippen molar-refractivity contribution < 1.29 is 17.6 Å². The highest BCUT2D eigenvalue weighted by Crippen LogP contribution is 2.28. The number of carbonyl (C=O) groups excluding carboxylic acids is 1. The fraction of sp³-hybridized carbons (Fsp3) is 0.389. The molecule has 134 valence electrons. The number of rotatable bonds is 5. The minimum absolute atomic E-state index is 0.250. The minimum Gasteiger partial charge on any atom is -0.467 e.